The standard InChI is InChI=1S/C39H74O5.C3H8O3/c1-3-5-7-9-11-13-15-17-19-21-23-25-27-29-31-33-38(41)43-36-37(35-40)44-39(42)34-32-30-28-26-24-22-20-18-16-14-12-10-8-6-4-2;4-1-3(6)2-5/h18,20,37,40H,3-17,19,21-36H2,1-2H3;3-6H,1-2H2/b20-18-;/t37-;/m0./s1. The summed E-state index contributed by atoms with van der Waals surface area (Å²) >= 11 is 0. The zero-order valence-corrected chi connectivity index (χ0v) is 32.8. The Bertz CT molecular complexity index is 710. The molecule has 0 aromatic heterocycles. The summed E-state index contributed by atoms with van der Waals surface area (Å²) in [5, 5.41) is 33.6. The quantitative estimate of drug-likeness (QED) is 0.0284. The van der Waals surface area contributed by atoms with E-state index in [-0.39, 0.29) is 38.4 Å². The van der Waals surface area contributed by atoms with Gasteiger partial charge in [0.25, 0.3) is 0 Å². The van der Waals surface area contributed by atoms with E-state index in [1.807, 2.05) is 0 Å². The van der Waals surface area contributed by atoms with E-state index in [0.29, 0.717) is 12.8 Å². The van der Waals surface area contributed by atoms with Crippen LogP contribution in [-0.4, -0.2) is 71.0 Å². The van der Waals surface area contributed by atoms with Gasteiger partial charge >= 0.3 is 11.9 Å². The second-order valence-electron chi connectivity index (χ2n) is 14.0. The lowest BCUT2D eigenvalue weighted by atomic mass is 10.0. The van der Waals surface area contributed by atoms with E-state index >= 15 is 0 Å². The molecule has 0 saturated heterocycles. The molecule has 0 aliphatic carbocycles. The number of aliphatic hydroxyl groups is 4. The SMILES string of the molecule is CCCCCCCC/C=C\CCCCCCCC(=O)O[C@@H](CO)COC(=O)CCCCCCCCCCCCCCCCC.OCC(O)CO. The van der Waals surface area contributed by atoms with Gasteiger partial charge in [-0.1, -0.05) is 167 Å². The zero-order chi connectivity index (χ0) is 37.2. The van der Waals surface area contributed by atoms with Crippen molar-refractivity contribution in [3.63, 3.8) is 0 Å². The van der Waals surface area contributed by atoms with Gasteiger partial charge in [0.15, 0.2) is 6.10 Å². The minimum Gasteiger partial charge on any atom is -0.462 e. The van der Waals surface area contributed by atoms with Gasteiger partial charge in [0.1, 0.15) is 12.7 Å². The van der Waals surface area contributed by atoms with Crippen molar-refractivity contribution in [2.45, 2.75) is 219 Å². The molecule has 0 bridgehead atoms. The maximum atomic E-state index is 12.1. The molecule has 0 unspecified atom stereocenters. The molecule has 0 rings (SSSR count). The van der Waals surface area contributed by atoms with Gasteiger partial charge in [0.2, 0.25) is 0 Å². The number of rotatable bonds is 37. The zero-order valence-electron chi connectivity index (χ0n) is 32.8. The second-order valence-corrected chi connectivity index (χ2v) is 14.0. The van der Waals surface area contributed by atoms with Gasteiger partial charge in [-0.15, -0.1) is 0 Å². The van der Waals surface area contributed by atoms with Crippen LogP contribution in [0, 0.1) is 0 Å². The van der Waals surface area contributed by atoms with Crippen LogP contribution < -0.4 is 0 Å². The lowest BCUT2D eigenvalue weighted by Crippen LogP contribution is -2.28. The van der Waals surface area contributed by atoms with Gasteiger partial charge < -0.3 is 29.9 Å². The number of ether oxygens (including phenoxy) is 2. The Kier molecular flexibility index (Phi) is 44.2. The summed E-state index contributed by atoms with van der Waals surface area (Å²) < 4.78 is 10.6. The largest absolute Gasteiger partial charge is 0.462 e. The summed E-state index contributed by atoms with van der Waals surface area (Å²) in [7, 11) is 0. The van der Waals surface area contributed by atoms with E-state index in [1.165, 1.54) is 135 Å². The highest BCUT2D eigenvalue weighted by molar-refractivity contribution is 5.70. The first-order chi connectivity index (χ1) is 24.4. The Balaban J connectivity index is 0. The van der Waals surface area contributed by atoms with Crippen molar-refractivity contribution in [3.05, 3.63) is 12.2 Å². The maximum Gasteiger partial charge on any atom is 0.306 e. The third-order valence-electron chi connectivity index (χ3n) is 8.98. The molecule has 0 aromatic rings. The predicted molar refractivity (Wildman–Crippen MR) is 207 cm³/mol. The number of carbonyl (C=O) groups excluding carboxylic acids is 2. The molecule has 0 aromatic carbocycles. The highest BCUT2D eigenvalue weighted by Gasteiger charge is 2.16. The van der Waals surface area contributed by atoms with Crippen molar-refractivity contribution < 1.29 is 39.5 Å². The van der Waals surface area contributed by atoms with Crippen molar-refractivity contribution in [2.24, 2.45) is 0 Å². The number of carbonyl (C=O) groups is 2. The van der Waals surface area contributed by atoms with E-state index < -0.39 is 12.2 Å². The van der Waals surface area contributed by atoms with Crippen molar-refractivity contribution in [1.29, 1.82) is 0 Å². The normalized spacial score (nSPS) is 11.9. The number of esters is 2. The van der Waals surface area contributed by atoms with Gasteiger partial charge in [-0.05, 0) is 38.5 Å². The highest BCUT2D eigenvalue weighted by atomic mass is 16.6. The maximum absolute atomic E-state index is 12.1. The summed E-state index contributed by atoms with van der Waals surface area (Å²) in [6, 6.07) is 0. The Labute approximate surface area is 308 Å². The molecule has 1 atom stereocenters. The monoisotopic (exact) mass is 715 g/mol. The van der Waals surface area contributed by atoms with Crippen LogP contribution >= 0.6 is 0 Å². The lowest BCUT2D eigenvalue weighted by molar-refractivity contribution is -0.161. The van der Waals surface area contributed by atoms with Gasteiger partial charge in [-0.25, -0.2) is 0 Å². The van der Waals surface area contributed by atoms with Gasteiger partial charge in [-0.2, -0.15) is 0 Å². The molecule has 298 valence electrons. The molecule has 8 heteroatoms. The number of hydrogen-bond donors (Lipinski definition) is 4. The fourth-order valence-corrected chi connectivity index (χ4v) is 5.67. The average Bonchev–Trinajstić information content (AvgIpc) is 3.13. The second kappa shape index (κ2) is 43.7. The summed E-state index contributed by atoms with van der Waals surface area (Å²) in [4.78, 5) is 24.2. The molecular formula is C42H82O8. The molecule has 0 spiro atoms. The first kappa shape index (κ1) is 50.6. The van der Waals surface area contributed by atoms with E-state index in [0.717, 1.165) is 44.9 Å². The Hall–Kier alpha value is -1.48. The summed E-state index contributed by atoms with van der Waals surface area (Å²) in [6.45, 7) is 3.41. The fraction of sp³-hybridized carbons (Fsp3) is 0.905. The van der Waals surface area contributed by atoms with Gasteiger partial charge in [0, 0.05) is 12.8 Å². The molecule has 0 amide bonds. The lowest BCUT2D eigenvalue weighted by Gasteiger charge is -2.15. The fourth-order valence-electron chi connectivity index (χ4n) is 5.67. The van der Waals surface area contributed by atoms with Gasteiger partial charge in [0.05, 0.1) is 19.8 Å². The van der Waals surface area contributed by atoms with E-state index in [1.54, 1.807) is 0 Å². The van der Waals surface area contributed by atoms with Crippen LogP contribution in [0.25, 0.3) is 0 Å². The molecule has 4 N–H and O–H groups in total. The molecule has 50 heavy (non-hydrogen) atoms. The highest BCUT2D eigenvalue weighted by Crippen LogP contribution is 2.14. The Morgan fingerprint density at radius 2 is 0.820 bits per heavy atom. The summed E-state index contributed by atoms with van der Waals surface area (Å²) in [6.07, 6.45) is 38.8. The molecule has 0 radical (unpaired) electrons. The summed E-state index contributed by atoms with van der Waals surface area (Å²) in [5.41, 5.74) is 0. The van der Waals surface area contributed by atoms with Gasteiger partial charge in [-0.3, -0.25) is 9.59 Å². The smallest absolute Gasteiger partial charge is 0.306 e. The minimum absolute atomic E-state index is 0.0633. The van der Waals surface area contributed by atoms with Crippen LogP contribution in [-0.2, 0) is 19.1 Å². The van der Waals surface area contributed by atoms with Crippen LogP contribution in [0.15, 0.2) is 12.2 Å². The molecule has 0 fully saturated rings. The van der Waals surface area contributed by atoms with E-state index in [2.05, 4.69) is 26.0 Å². The number of allylic oxidation sites excluding steroid dienone is 2. The van der Waals surface area contributed by atoms with Crippen LogP contribution in [0.3, 0.4) is 0 Å². The topological polar surface area (TPSA) is 134 Å². The summed E-state index contributed by atoms with van der Waals surface area (Å²) in [5.74, 6) is -0.591. The molecular weight excluding hydrogens is 632 g/mol. The van der Waals surface area contributed by atoms with Crippen molar-refractivity contribution in [1.82, 2.24) is 0 Å². The third-order valence-corrected chi connectivity index (χ3v) is 8.98. The number of aliphatic hydroxyl groups excluding tert-OH is 4. The van der Waals surface area contributed by atoms with Crippen molar-refractivity contribution in [2.75, 3.05) is 26.4 Å². The molecule has 0 saturated carbocycles. The molecule has 0 aliphatic heterocycles. The number of hydrogen-bond acceptors (Lipinski definition) is 8. The van der Waals surface area contributed by atoms with Crippen LogP contribution in [0.5, 0.6) is 0 Å². The minimum atomic E-state index is -0.954. The van der Waals surface area contributed by atoms with E-state index in [9.17, 15) is 14.7 Å². The van der Waals surface area contributed by atoms with Crippen LogP contribution in [0.2, 0.25) is 0 Å². The van der Waals surface area contributed by atoms with Crippen LogP contribution in [0.4, 0.5) is 0 Å². The van der Waals surface area contributed by atoms with E-state index in [4.69, 9.17) is 24.8 Å². The van der Waals surface area contributed by atoms with Crippen molar-refractivity contribution in [3.8, 4) is 0 Å². The molecule has 8 nitrogen and oxygen atoms in total. The van der Waals surface area contributed by atoms with Crippen LogP contribution in [0.1, 0.15) is 206 Å². The molecule has 0 heterocycles. The first-order valence-electron chi connectivity index (χ1n) is 21.0. The Morgan fingerprint density at radius 3 is 1.16 bits per heavy atom. The first-order valence-corrected chi connectivity index (χ1v) is 21.0. The Morgan fingerprint density at radius 1 is 0.480 bits per heavy atom. The number of unbranched alkanes of at least 4 members (excludes halogenated alkanes) is 25. The van der Waals surface area contributed by atoms with Crippen molar-refractivity contribution >= 4 is 11.9 Å². The average molecular weight is 715 g/mol. The third kappa shape index (κ3) is 42.7. The molecule has 0 aliphatic rings. The predicted octanol–water partition coefficient (Wildman–Crippen LogP) is 10.1.